The van der Waals surface area contributed by atoms with Gasteiger partial charge in [-0.25, -0.2) is 4.98 Å². The predicted octanol–water partition coefficient (Wildman–Crippen LogP) is 2.36. The van der Waals surface area contributed by atoms with Crippen LogP contribution in [0.1, 0.15) is 25.0 Å². The molecule has 2 unspecified atom stereocenters. The van der Waals surface area contributed by atoms with Gasteiger partial charge >= 0.3 is 0 Å². The van der Waals surface area contributed by atoms with Crippen LogP contribution in [0, 0.1) is 0 Å². The maximum absolute atomic E-state index is 10.8. The van der Waals surface area contributed by atoms with Crippen molar-refractivity contribution in [3.63, 3.8) is 0 Å². The van der Waals surface area contributed by atoms with Crippen LogP contribution in [0.25, 0.3) is 10.2 Å². The van der Waals surface area contributed by atoms with Crippen LogP contribution in [0.2, 0.25) is 0 Å². The van der Waals surface area contributed by atoms with Crippen LogP contribution in [0.4, 0.5) is 0 Å². The maximum atomic E-state index is 10.8. The lowest BCUT2D eigenvalue weighted by atomic mass is 10.0. The Hall–Kier alpha value is -0.950. The van der Waals surface area contributed by atoms with Crippen molar-refractivity contribution in [2.75, 3.05) is 5.75 Å². The molecular weight excluding hydrogens is 282 g/mol. The van der Waals surface area contributed by atoms with Crippen LogP contribution in [-0.4, -0.2) is 32.2 Å². The third kappa shape index (κ3) is 3.76. The van der Waals surface area contributed by atoms with Crippen molar-refractivity contribution < 1.29 is 15.0 Å². The molecule has 2 aromatic rings. The Morgan fingerprint density at radius 3 is 3.00 bits per heavy atom. The number of thiazole rings is 1. The quantitative estimate of drug-likeness (QED) is 0.886. The molecule has 19 heavy (non-hydrogen) atoms. The van der Waals surface area contributed by atoms with E-state index in [9.17, 15) is 15.0 Å². The summed E-state index contributed by atoms with van der Waals surface area (Å²) >= 11 is 2.66. The van der Waals surface area contributed by atoms with Gasteiger partial charge in [0, 0.05) is 12.7 Å². The summed E-state index contributed by atoms with van der Waals surface area (Å²) in [4.78, 5) is 15.0. The molecule has 0 amide bonds. The van der Waals surface area contributed by atoms with Gasteiger partial charge in [-0.05, 0) is 24.1 Å². The molecular formula is C13H15NO3S2. The Labute approximate surface area is 119 Å². The molecule has 1 aromatic heterocycles. The SMILES string of the molecule is CC(=O)SCCC(O)C(O)c1ccc2ncsc2c1. The van der Waals surface area contributed by atoms with Crippen molar-refractivity contribution >= 4 is 38.4 Å². The number of fused-ring (bicyclic) bond motifs is 1. The first-order valence-electron chi connectivity index (χ1n) is 5.90. The van der Waals surface area contributed by atoms with E-state index in [4.69, 9.17) is 0 Å². The van der Waals surface area contributed by atoms with E-state index in [1.807, 2.05) is 12.1 Å². The van der Waals surface area contributed by atoms with Crippen LogP contribution in [0.15, 0.2) is 23.7 Å². The molecule has 0 radical (unpaired) electrons. The van der Waals surface area contributed by atoms with Gasteiger partial charge in [-0.2, -0.15) is 0 Å². The van der Waals surface area contributed by atoms with Crippen molar-refractivity contribution in [1.82, 2.24) is 4.98 Å². The Morgan fingerprint density at radius 1 is 1.47 bits per heavy atom. The van der Waals surface area contributed by atoms with Crippen LogP contribution >= 0.6 is 23.1 Å². The number of rotatable bonds is 5. The number of aliphatic hydroxyl groups is 2. The maximum Gasteiger partial charge on any atom is 0.185 e. The Balaban J connectivity index is 2.01. The zero-order valence-corrected chi connectivity index (χ0v) is 12.1. The molecule has 2 rings (SSSR count). The van der Waals surface area contributed by atoms with Gasteiger partial charge in [0.1, 0.15) is 6.10 Å². The van der Waals surface area contributed by atoms with E-state index < -0.39 is 12.2 Å². The lowest BCUT2D eigenvalue weighted by molar-refractivity contribution is -0.109. The molecule has 4 nitrogen and oxygen atoms in total. The van der Waals surface area contributed by atoms with Crippen molar-refractivity contribution in [1.29, 1.82) is 0 Å². The summed E-state index contributed by atoms with van der Waals surface area (Å²) in [5.41, 5.74) is 3.32. The number of carbonyl (C=O) groups excluding carboxylic acids is 1. The highest BCUT2D eigenvalue weighted by atomic mass is 32.2. The number of thioether (sulfide) groups is 1. The number of aliphatic hydroxyl groups excluding tert-OH is 2. The summed E-state index contributed by atoms with van der Waals surface area (Å²) in [7, 11) is 0. The molecule has 1 heterocycles. The van der Waals surface area contributed by atoms with Crippen LogP contribution < -0.4 is 0 Å². The fourth-order valence-electron chi connectivity index (χ4n) is 1.76. The zero-order valence-electron chi connectivity index (χ0n) is 10.4. The van der Waals surface area contributed by atoms with Gasteiger partial charge in [0.25, 0.3) is 0 Å². The topological polar surface area (TPSA) is 70.4 Å². The normalized spacial score (nSPS) is 14.5. The van der Waals surface area contributed by atoms with Gasteiger partial charge in [-0.15, -0.1) is 11.3 Å². The van der Waals surface area contributed by atoms with Gasteiger partial charge in [0.15, 0.2) is 5.12 Å². The second-order valence-electron chi connectivity index (χ2n) is 4.22. The van der Waals surface area contributed by atoms with E-state index in [0.29, 0.717) is 17.7 Å². The minimum absolute atomic E-state index is 0.0211. The molecule has 0 saturated heterocycles. The molecule has 102 valence electrons. The molecule has 0 saturated carbocycles. The summed E-state index contributed by atoms with van der Waals surface area (Å²) in [6.07, 6.45) is -1.41. The zero-order chi connectivity index (χ0) is 13.8. The summed E-state index contributed by atoms with van der Waals surface area (Å²) < 4.78 is 0.988. The Kier molecular flexibility index (Phi) is 4.93. The lowest BCUT2D eigenvalue weighted by Gasteiger charge is -2.17. The van der Waals surface area contributed by atoms with Gasteiger partial charge in [-0.1, -0.05) is 17.8 Å². The Morgan fingerprint density at radius 2 is 2.26 bits per heavy atom. The Bertz CT molecular complexity index is 570. The molecule has 0 fully saturated rings. The highest BCUT2D eigenvalue weighted by Crippen LogP contribution is 2.26. The molecule has 0 spiro atoms. The average molecular weight is 297 g/mol. The second-order valence-corrected chi connectivity index (χ2v) is 6.38. The molecule has 0 aliphatic heterocycles. The molecule has 2 N–H and O–H groups in total. The summed E-state index contributed by atoms with van der Waals surface area (Å²) in [6, 6.07) is 5.45. The lowest BCUT2D eigenvalue weighted by Crippen LogP contribution is -2.19. The number of nitrogens with zero attached hydrogens (tertiary/aromatic N) is 1. The minimum atomic E-state index is -0.931. The van der Waals surface area contributed by atoms with Gasteiger partial charge in [-0.3, -0.25) is 4.79 Å². The summed E-state index contributed by atoms with van der Waals surface area (Å²) in [5, 5.41) is 20.0. The summed E-state index contributed by atoms with van der Waals surface area (Å²) in [6.45, 7) is 1.49. The van der Waals surface area contributed by atoms with Gasteiger partial charge in [0.05, 0.1) is 21.8 Å². The van der Waals surface area contributed by atoms with E-state index in [1.54, 1.807) is 11.6 Å². The number of hydrogen-bond acceptors (Lipinski definition) is 6. The molecule has 6 heteroatoms. The number of carbonyl (C=O) groups is 1. The second kappa shape index (κ2) is 6.47. The van der Waals surface area contributed by atoms with Crippen LogP contribution in [-0.2, 0) is 4.79 Å². The van der Waals surface area contributed by atoms with Gasteiger partial charge < -0.3 is 10.2 Å². The first-order valence-corrected chi connectivity index (χ1v) is 7.77. The predicted molar refractivity (Wildman–Crippen MR) is 78.3 cm³/mol. The minimum Gasteiger partial charge on any atom is -0.390 e. The third-order valence-electron chi connectivity index (χ3n) is 2.78. The summed E-state index contributed by atoms with van der Waals surface area (Å²) in [5.74, 6) is 0.510. The average Bonchev–Trinajstić information content (AvgIpc) is 2.84. The van der Waals surface area contributed by atoms with E-state index in [1.165, 1.54) is 18.3 Å². The smallest absolute Gasteiger partial charge is 0.185 e. The first-order chi connectivity index (χ1) is 9.08. The van der Waals surface area contributed by atoms with Crippen LogP contribution in [0.3, 0.4) is 0 Å². The van der Waals surface area contributed by atoms with E-state index >= 15 is 0 Å². The van der Waals surface area contributed by atoms with E-state index in [-0.39, 0.29) is 5.12 Å². The monoisotopic (exact) mass is 297 g/mol. The number of aromatic nitrogens is 1. The molecule has 0 aliphatic carbocycles. The molecule has 2 atom stereocenters. The standard InChI is InChI=1S/C13H15NO3S2/c1-8(15)18-5-4-11(16)13(17)9-2-3-10-12(6-9)19-7-14-10/h2-3,6-7,11,13,16-17H,4-5H2,1H3. The third-order valence-corrected chi connectivity index (χ3v) is 4.42. The molecule has 0 bridgehead atoms. The first kappa shape index (κ1) is 14.5. The highest BCUT2D eigenvalue weighted by molar-refractivity contribution is 8.13. The van der Waals surface area contributed by atoms with E-state index in [2.05, 4.69) is 4.98 Å². The number of hydrogen-bond donors (Lipinski definition) is 2. The largest absolute Gasteiger partial charge is 0.390 e. The van der Waals surface area contributed by atoms with Gasteiger partial charge in [0.2, 0.25) is 0 Å². The fourth-order valence-corrected chi connectivity index (χ4v) is 3.13. The highest BCUT2D eigenvalue weighted by Gasteiger charge is 2.18. The molecule has 1 aromatic carbocycles. The van der Waals surface area contributed by atoms with Crippen LogP contribution in [0.5, 0.6) is 0 Å². The van der Waals surface area contributed by atoms with Crippen molar-refractivity contribution in [2.24, 2.45) is 0 Å². The van der Waals surface area contributed by atoms with Crippen molar-refractivity contribution in [3.8, 4) is 0 Å². The molecule has 0 aliphatic rings. The fraction of sp³-hybridized carbons (Fsp3) is 0.385. The number of benzene rings is 1. The van der Waals surface area contributed by atoms with Crippen molar-refractivity contribution in [3.05, 3.63) is 29.3 Å². The van der Waals surface area contributed by atoms with Crippen molar-refractivity contribution in [2.45, 2.75) is 25.6 Å². The van der Waals surface area contributed by atoms with E-state index in [0.717, 1.165) is 22.0 Å².